The topological polar surface area (TPSA) is 65.5 Å². The summed E-state index contributed by atoms with van der Waals surface area (Å²) in [6.07, 6.45) is 4.92. The van der Waals surface area contributed by atoms with Crippen LogP contribution in [0.25, 0.3) is 0 Å². The van der Waals surface area contributed by atoms with Crippen molar-refractivity contribution in [2.24, 2.45) is 0 Å². The third-order valence-electron chi connectivity index (χ3n) is 3.91. The summed E-state index contributed by atoms with van der Waals surface area (Å²) in [4.78, 5) is 31.1. The number of piperazine rings is 1. The zero-order chi connectivity index (χ0) is 16.1. The second kappa shape index (κ2) is 7.47. The Morgan fingerprint density at radius 3 is 2.74 bits per heavy atom. The van der Waals surface area contributed by atoms with Crippen LogP contribution in [0.4, 0.5) is 5.82 Å². The zero-order valence-corrected chi connectivity index (χ0v) is 13.9. The van der Waals surface area contributed by atoms with Crippen molar-refractivity contribution in [3.63, 3.8) is 0 Å². The summed E-state index contributed by atoms with van der Waals surface area (Å²) in [6.45, 7) is 4.49. The van der Waals surface area contributed by atoms with Gasteiger partial charge in [-0.1, -0.05) is 0 Å². The number of carbonyl (C=O) groups excluding carboxylic acids is 1. The Morgan fingerprint density at radius 2 is 2.09 bits per heavy atom. The van der Waals surface area contributed by atoms with E-state index < -0.39 is 0 Å². The molecule has 1 aliphatic heterocycles. The molecule has 23 heavy (non-hydrogen) atoms. The quantitative estimate of drug-likeness (QED) is 0.804. The number of rotatable bonds is 5. The van der Waals surface area contributed by atoms with E-state index in [4.69, 9.17) is 0 Å². The summed E-state index contributed by atoms with van der Waals surface area (Å²) < 4.78 is 0. The van der Waals surface area contributed by atoms with E-state index in [2.05, 4.69) is 25.2 Å². The monoisotopic (exact) mass is 332 g/mol. The molecule has 0 aromatic carbocycles. The van der Waals surface area contributed by atoms with Crippen molar-refractivity contribution in [2.75, 3.05) is 44.7 Å². The van der Waals surface area contributed by atoms with Gasteiger partial charge in [0, 0.05) is 57.5 Å². The molecule has 1 amide bonds. The van der Waals surface area contributed by atoms with Crippen molar-refractivity contribution < 1.29 is 4.79 Å². The Labute approximate surface area is 139 Å². The molecule has 2 aromatic heterocycles. The van der Waals surface area contributed by atoms with Crippen LogP contribution in [0.1, 0.15) is 5.69 Å². The van der Waals surface area contributed by atoms with Crippen LogP contribution in [0.2, 0.25) is 0 Å². The molecule has 3 heterocycles. The van der Waals surface area contributed by atoms with E-state index in [-0.39, 0.29) is 5.91 Å². The summed E-state index contributed by atoms with van der Waals surface area (Å²) in [6, 6.07) is 0. The van der Waals surface area contributed by atoms with Gasteiger partial charge in [-0.25, -0.2) is 9.97 Å². The van der Waals surface area contributed by atoms with Crippen molar-refractivity contribution in [1.82, 2.24) is 24.8 Å². The Morgan fingerprint density at radius 1 is 1.26 bits per heavy atom. The molecule has 3 rings (SSSR count). The third kappa shape index (κ3) is 4.23. The number of thiazole rings is 1. The van der Waals surface area contributed by atoms with Crippen LogP contribution in [0, 0.1) is 0 Å². The van der Waals surface area contributed by atoms with Crippen molar-refractivity contribution >= 4 is 23.1 Å². The van der Waals surface area contributed by atoms with Crippen LogP contribution in [-0.2, 0) is 11.3 Å². The van der Waals surface area contributed by atoms with E-state index in [0.29, 0.717) is 12.4 Å². The largest absolute Gasteiger partial charge is 0.349 e. The maximum atomic E-state index is 12.4. The zero-order valence-electron chi connectivity index (χ0n) is 13.1. The molecule has 8 heteroatoms. The van der Waals surface area contributed by atoms with E-state index in [0.717, 1.165) is 38.4 Å². The molecule has 2 aromatic rings. The number of hydrogen-bond acceptors (Lipinski definition) is 7. The third-order valence-corrected chi connectivity index (χ3v) is 4.54. The highest BCUT2D eigenvalue weighted by molar-refractivity contribution is 7.07. The number of amides is 1. The van der Waals surface area contributed by atoms with E-state index in [9.17, 15) is 4.79 Å². The van der Waals surface area contributed by atoms with Gasteiger partial charge in [-0.3, -0.25) is 14.7 Å². The molecule has 1 aliphatic rings. The minimum Gasteiger partial charge on any atom is -0.349 e. The number of nitrogens with zero attached hydrogens (tertiary/aromatic N) is 6. The molecule has 7 nitrogen and oxygen atoms in total. The van der Waals surface area contributed by atoms with Crippen molar-refractivity contribution in [3.8, 4) is 0 Å². The highest BCUT2D eigenvalue weighted by Crippen LogP contribution is 2.10. The van der Waals surface area contributed by atoms with E-state index in [1.54, 1.807) is 29.9 Å². The lowest BCUT2D eigenvalue weighted by Crippen LogP contribution is -2.50. The first-order chi connectivity index (χ1) is 11.2. The van der Waals surface area contributed by atoms with Gasteiger partial charge in [-0.05, 0) is 0 Å². The van der Waals surface area contributed by atoms with Gasteiger partial charge in [-0.2, -0.15) is 0 Å². The molecule has 0 radical (unpaired) electrons. The molecule has 0 unspecified atom stereocenters. The molecular weight excluding hydrogens is 312 g/mol. The number of carbonyl (C=O) groups is 1. The molecular formula is C15H20N6OS. The summed E-state index contributed by atoms with van der Waals surface area (Å²) in [7, 11) is 1.86. The van der Waals surface area contributed by atoms with E-state index in [1.165, 1.54) is 0 Å². The second-order valence-corrected chi connectivity index (χ2v) is 6.28. The fourth-order valence-corrected chi connectivity index (χ4v) is 3.12. The molecule has 0 N–H and O–H groups in total. The standard InChI is InChI=1S/C15H20N6OS/c1-19(14-8-16-2-3-17-14)10-15(22)21-6-4-20(5-7-21)9-13-11-23-12-18-13/h2-3,8,11-12H,4-7,9-10H2,1H3. The lowest BCUT2D eigenvalue weighted by atomic mass is 10.3. The van der Waals surface area contributed by atoms with Crippen molar-refractivity contribution in [1.29, 1.82) is 0 Å². The van der Waals surface area contributed by atoms with Crippen LogP contribution < -0.4 is 4.90 Å². The SMILES string of the molecule is CN(CC(=O)N1CCN(Cc2cscn2)CC1)c1cnccn1. The Kier molecular flexibility index (Phi) is 5.14. The molecule has 1 saturated heterocycles. The van der Waals surface area contributed by atoms with Gasteiger partial charge in [0.25, 0.3) is 0 Å². The first-order valence-electron chi connectivity index (χ1n) is 7.57. The van der Waals surface area contributed by atoms with Gasteiger partial charge in [0.05, 0.1) is 23.9 Å². The summed E-state index contributed by atoms with van der Waals surface area (Å²) in [5.74, 6) is 0.842. The number of hydrogen-bond donors (Lipinski definition) is 0. The first kappa shape index (κ1) is 15.8. The number of likely N-dealkylation sites (N-methyl/N-ethyl adjacent to an activating group) is 1. The van der Waals surface area contributed by atoms with Crippen LogP contribution in [0.5, 0.6) is 0 Å². The van der Waals surface area contributed by atoms with Gasteiger partial charge in [0.2, 0.25) is 5.91 Å². The lowest BCUT2D eigenvalue weighted by molar-refractivity contribution is -0.131. The molecule has 1 fully saturated rings. The molecule has 0 aliphatic carbocycles. The molecule has 0 saturated carbocycles. The highest BCUT2D eigenvalue weighted by Gasteiger charge is 2.22. The highest BCUT2D eigenvalue weighted by atomic mass is 32.1. The van der Waals surface area contributed by atoms with E-state index in [1.807, 2.05) is 22.4 Å². The average Bonchev–Trinajstić information content (AvgIpc) is 3.09. The first-order valence-corrected chi connectivity index (χ1v) is 8.51. The minimum atomic E-state index is 0.131. The fourth-order valence-electron chi connectivity index (χ4n) is 2.57. The van der Waals surface area contributed by atoms with Gasteiger partial charge in [-0.15, -0.1) is 11.3 Å². The van der Waals surface area contributed by atoms with Gasteiger partial charge < -0.3 is 9.80 Å². The van der Waals surface area contributed by atoms with Crippen LogP contribution in [0.3, 0.4) is 0 Å². The maximum absolute atomic E-state index is 12.4. The van der Waals surface area contributed by atoms with Crippen molar-refractivity contribution in [2.45, 2.75) is 6.54 Å². The number of aromatic nitrogens is 3. The molecule has 0 bridgehead atoms. The Hall–Kier alpha value is -2.06. The molecule has 0 spiro atoms. The summed E-state index contributed by atoms with van der Waals surface area (Å²) in [5.41, 5.74) is 2.97. The fraction of sp³-hybridized carbons (Fsp3) is 0.467. The number of anilines is 1. The lowest BCUT2D eigenvalue weighted by Gasteiger charge is -2.35. The van der Waals surface area contributed by atoms with Gasteiger partial charge in [0.1, 0.15) is 5.82 Å². The Bertz CT molecular complexity index is 612. The Balaban J connectivity index is 1.46. The molecule has 0 atom stereocenters. The van der Waals surface area contributed by atoms with Crippen molar-refractivity contribution in [3.05, 3.63) is 35.2 Å². The predicted molar refractivity (Wildman–Crippen MR) is 89.3 cm³/mol. The normalized spacial score (nSPS) is 15.6. The smallest absolute Gasteiger partial charge is 0.242 e. The van der Waals surface area contributed by atoms with E-state index >= 15 is 0 Å². The second-order valence-electron chi connectivity index (χ2n) is 5.56. The van der Waals surface area contributed by atoms with Crippen LogP contribution >= 0.6 is 11.3 Å². The summed E-state index contributed by atoms with van der Waals surface area (Å²) in [5, 5.41) is 2.08. The maximum Gasteiger partial charge on any atom is 0.242 e. The van der Waals surface area contributed by atoms with Gasteiger partial charge in [0.15, 0.2) is 0 Å². The van der Waals surface area contributed by atoms with Crippen LogP contribution in [-0.4, -0.2) is 70.4 Å². The average molecular weight is 332 g/mol. The predicted octanol–water partition coefficient (Wildman–Crippen LogP) is 0.714. The minimum absolute atomic E-state index is 0.131. The summed E-state index contributed by atoms with van der Waals surface area (Å²) >= 11 is 1.62. The van der Waals surface area contributed by atoms with Crippen LogP contribution in [0.15, 0.2) is 29.5 Å². The van der Waals surface area contributed by atoms with Gasteiger partial charge >= 0.3 is 0 Å². The molecule has 122 valence electrons.